The third kappa shape index (κ3) is 11.8. The number of hydrogen-bond acceptors (Lipinski definition) is 2. The van der Waals surface area contributed by atoms with Crippen LogP contribution in [0.3, 0.4) is 0 Å². The first kappa shape index (κ1) is 17.3. The quantitative estimate of drug-likeness (QED) is 0.654. The zero-order valence-electron chi connectivity index (χ0n) is 11.2. The van der Waals surface area contributed by atoms with Crippen molar-refractivity contribution in [2.45, 2.75) is 47.4 Å². The zero-order chi connectivity index (χ0) is 12.3. The van der Waals surface area contributed by atoms with Crippen LogP contribution in [0.5, 0.6) is 0 Å². The number of hydrogen-bond donors (Lipinski definition) is 0. The maximum atomic E-state index is 12.7. The van der Waals surface area contributed by atoms with Gasteiger partial charge in [0.25, 0.3) is 0 Å². The molecule has 3 heteroatoms. The summed E-state index contributed by atoms with van der Waals surface area (Å²) in [5.74, 6) is 0.398. The van der Waals surface area contributed by atoms with Crippen molar-refractivity contribution >= 4 is 0 Å². The van der Waals surface area contributed by atoms with Crippen LogP contribution in [0.15, 0.2) is 0 Å². The highest BCUT2D eigenvalue weighted by Gasteiger charge is 2.08. The molecule has 0 saturated heterocycles. The minimum absolute atomic E-state index is 0.398. The molecule has 0 aromatic heterocycles. The summed E-state index contributed by atoms with van der Waals surface area (Å²) < 4.78 is 17.7. The molecule has 15 heavy (non-hydrogen) atoms. The normalized spacial score (nSPS) is 14.4. The minimum Gasteiger partial charge on any atom is -0.348 e. The summed E-state index contributed by atoms with van der Waals surface area (Å²) in [7, 11) is 2.06. The topological polar surface area (TPSA) is 12.5 Å². The van der Waals surface area contributed by atoms with E-state index in [4.69, 9.17) is 4.74 Å². The summed E-state index contributed by atoms with van der Waals surface area (Å²) in [4.78, 5) is 2.20. The molecule has 0 amide bonds. The zero-order valence-corrected chi connectivity index (χ0v) is 11.2. The van der Waals surface area contributed by atoms with Crippen LogP contribution < -0.4 is 0 Å². The van der Waals surface area contributed by atoms with Gasteiger partial charge < -0.3 is 9.64 Å². The molecule has 0 radical (unpaired) electrons. The Balaban J connectivity index is 0. The van der Waals surface area contributed by atoms with Gasteiger partial charge in [-0.2, -0.15) is 0 Å². The molecule has 0 aromatic rings. The van der Waals surface area contributed by atoms with Gasteiger partial charge in [-0.15, -0.1) is 0 Å². The van der Waals surface area contributed by atoms with E-state index < -0.39 is 6.36 Å². The van der Waals surface area contributed by atoms with Gasteiger partial charge in [-0.05, 0) is 19.5 Å². The fourth-order valence-electron chi connectivity index (χ4n) is 1.10. The highest BCUT2D eigenvalue weighted by atomic mass is 19.1. The second-order valence-corrected chi connectivity index (χ2v) is 3.61. The van der Waals surface area contributed by atoms with Gasteiger partial charge in [0.15, 0.2) is 6.36 Å². The van der Waals surface area contributed by atoms with Crippen LogP contribution in [0, 0.1) is 5.92 Å². The van der Waals surface area contributed by atoms with E-state index in [1.54, 1.807) is 6.92 Å². The second-order valence-electron chi connectivity index (χ2n) is 3.61. The van der Waals surface area contributed by atoms with E-state index in [0.29, 0.717) is 18.9 Å². The number of rotatable bonds is 7. The van der Waals surface area contributed by atoms with Crippen LogP contribution in [0.1, 0.15) is 41.0 Å². The summed E-state index contributed by atoms with van der Waals surface area (Å²) in [5.41, 5.74) is 0. The van der Waals surface area contributed by atoms with E-state index in [0.717, 1.165) is 13.1 Å². The highest BCUT2D eigenvalue weighted by molar-refractivity contribution is 4.56. The van der Waals surface area contributed by atoms with E-state index in [2.05, 4.69) is 25.8 Å². The Hall–Kier alpha value is -0.150. The molecule has 0 aliphatic carbocycles. The molecule has 94 valence electrons. The van der Waals surface area contributed by atoms with Crippen molar-refractivity contribution in [3.63, 3.8) is 0 Å². The van der Waals surface area contributed by atoms with Gasteiger partial charge in [-0.1, -0.05) is 34.6 Å². The Morgan fingerprint density at radius 1 is 1.27 bits per heavy atom. The summed E-state index contributed by atoms with van der Waals surface area (Å²) in [6.07, 6.45) is -0.648. The lowest BCUT2D eigenvalue weighted by Gasteiger charge is -2.20. The van der Waals surface area contributed by atoms with E-state index in [-0.39, 0.29) is 0 Å². The van der Waals surface area contributed by atoms with Crippen LogP contribution in [-0.4, -0.2) is 38.0 Å². The lowest BCUT2D eigenvalue weighted by Crippen LogP contribution is -2.27. The van der Waals surface area contributed by atoms with Gasteiger partial charge >= 0.3 is 0 Å². The van der Waals surface area contributed by atoms with E-state index in [1.165, 1.54) is 0 Å². The maximum absolute atomic E-state index is 12.7. The van der Waals surface area contributed by atoms with Crippen LogP contribution >= 0.6 is 0 Å². The van der Waals surface area contributed by atoms with Crippen molar-refractivity contribution in [2.24, 2.45) is 5.92 Å². The second kappa shape index (κ2) is 11.9. The van der Waals surface area contributed by atoms with Gasteiger partial charge in [0, 0.05) is 13.0 Å². The molecule has 0 N–H and O–H groups in total. The van der Waals surface area contributed by atoms with Gasteiger partial charge in [0.1, 0.15) is 0 Å². The molecule has 0 aliphatic rings. The van der Waals surface area contributed by atoms with E-state index >= 15 is 0 Å². The first-order valence-corrected chi connectivity index (χ1v) is 6.04. The average Bonchev–Trinajstić information content (AvgIpc) is 2.28. The molecule has 2 unspecified atom stereocenters. The van der Waals surface area contributed by atoms with Crippen LogP contribution in [0.2, 0.25) is 0 Å². The summed E-state index contributed by atoms with van der Waals surface area (Å²) in [5, 5.41) is 0. The Kier molecular flexibility index (Phi) is 13.7. The molecule has 2 nitrogen and oxygen atoms in total. The maximum Gasteiger partial charge on any atom is 0.198 e. The molecule has 0 aromatic carbocycles. The SMILES string of the molecule is CC.CCC(F)OCC(C)CN(C)CC. The first-order chi connectivity index (χ1) is 7.10. The van der Waals surface area contributed by atoms with Crippen molar-refractivity contribution in [1.82, 2.24) is 4.90 Å². The molecule has 0 heterocycles. The van der Waals surface area contributed by atoms with Crippen molar-refractivity contribution in [2.75, 3.05) is 26.7 Å². The Morgan fingerprint density at radius 3 is 2.20 bits per heavy atom. The molecule has 0 rings (SSSR count). The van der Waals surface area contributed by atoms with Crippen LogP contribution in [0.4, 0.5) is 4.39 Å². The number of alkyl halides is 1. The highest BCUT2D eigenvalue weighted by Crippen LogP contribution is 2.04. The fourth-order valence-corrected chi connectivity index (χ4v) is 1.10. The fraction of sp³-hybridized carbons (Fsp3) is 1.00. The molecule has 2 atom stereocenters. The van der Waals surface area contributed by atoms with E-state index in [9.17, 15) is 4.39 Å². The summed E-state index contributed by atoms with van der Waals surface area (Å²) in [6, 6.07) is 0. The van der Waals surface area contributed by atoms with Crippen molar-refractivity contribution in [3.8, 4) is 0 Å². The minimum atomic E-state index is -1.09. The van der Waals surface area contributed by atoms with Crippen LogP contribution in [-0.2, 0) is 4.74 Å². The Morgan fingerprint density at radius 2 is 1.80 bits per heavy atom. The number of halogens is 1. The molecular formula is C12H28FNO. The van der Waals surface area contributed by atoms with Crippen molar-refractivity contribution in [3.05, 3.63) is 0 Å². The number of nitrogens with zero attached hydrogens (tertiary/aromatic N) is 1. The first-order valence-electron chi connectivity index (χ1n) is 6.04. The lowest BCUT2D eigenvalue weighted by molar-refractivity contribution is -0.0552. The summed E-state index contributed by atoms with van der Waals surface area (Å²) >= 11 is 0. The van der Waals surface area contributed by atoms with Crippen molar-refractivity contribution < 1.29 is 9.13 Å². The smallest absolute Gasteiger partial charge is 0.198 e. The van der Waals surface area contributed by atoms with Crippen LogP contribution in [0.25, 0.3) is 0 Å². The number of ether oxygens (including phenoxy) is 1. The Labute approximate surface area is 94.8 Å². The summed E-state index contributed by atoms with van der Waals surface area (Å²) in [6.45, 7) is 12.5. The predicted octanol–water partition coefficient (Wildman–Crippen LogP) is 3.32. The Bertz CT molecular complexity index is 122. The van der Waals surface area contributed by atoms with Crippen molar-refractivity contribution in [1.29, 1.82) is 0 Å². The molecule has 0 saturated carbocycles. The third-order valence-corrected chi connectivity index (χ3v) is 2.05. The van der Waals surface area contributed by atoms with Gasteiger partial charge in [-0.3, -0.25) is 0 Å². The standard InChI is InChI=1S/C10H22FNO.C2H6/c1-5-10(11)13-8-9(3)7-12(4)6-2;1-2/h9-10H,5-8H2,1-4H3;1-2H3. The van der Waals surface area contributed by atoms with E-state index in [1.807, 2.05) is 13.8 Å². The molecule has 0 aliphatic heterocycles. The van der Waals surface area contributed by atoms with Gasteiger partial charge in [0.05, 0.1) is 6.61 Å². The lowest BCUT2D eigenvalue weighted by atomic mass is 10.2. The largest absolute Gasteiger partial charge is 0.348 e. The third-order valence-electron chi connectivity index (χ3n) is 2.05. The van der Waals surface area contributed by atoms with Gasteiger partial charge in [0.2, 0.25) is 0 Å². The van der Waals surface area contributed by atoms with Gasteiger partial charge in [-0.25, -0.2) is 4.39 Å². The molecule has 0 bridgehead atoms. The average molecular weight is 221 g/mol. The molecule has 0 spiro atoms. The predicted molar refractivity (Wildman–Crippen MR) is 64.8 cm³/mol. The monoisotopic (exact) mass is 221 g/mol. The molecule has 0 fully saturated rings. The molecular weight excluding hydrogens is 193 g/mol.